The molecule has 2 N–H and O–H groups in total. The molecular formula is C13H19NO3. The molecule has 0 amide bonds. The molecule has 1 rings (SSSR count). The summed E-state index contributed by atoms with van der Waals surface area (Å²) in [6, 6.07) is 7.40. The zero-order chi connectivity index (χ0) is 12.5. The van der Waals surface area contributed by atoms with Gasteiger partial charge < -0.3 is 15.2 Å². The van der Waals surface area contributed by atoms with Crippen LogP contribution in [0.1, 0.15) is 22.8 Å². The number of benzene rings is 1. The number of esters is 1. The molecule has 0 aliphatic rings. The summed E-state index contributed by atoms with van der Waals surface area (Å²) < 4.78 is 4.90. The molecule has 0 bridgehead atoms. The highest BCUT2D eigenvalue weighted by Crippen LogP contribution is 2.06. The molecule has 0 aromatic heterocycles. The second kappa shape index (κ2) is 7.81. The molecule has 94 valence electrons. The van der Waals surface area contributed by atoms with Crippen molar-refractivity contribution in [1.29, 1.82) is 0 Å². The maximum absolute atomic E-state index is 11.4. The van der Waals surface area contributed by atoms with Gasteiger partial charge in [-0.15, -0.1) is 0 Å². The quantitative estimate of drug-likeness (QED) is 0.548. The van der Waals surface area contributed by atoms with E-state index >= 15 is 0 Å². The molecule has 0 aliphatic carbocycles. The summed E-state index contributed by atoms with van der Waals surface area (Å²) in [4.78, 5) is 11.4. The molecule has 0 atom stereocenters. The van der Waals surface area contributed by atoms with Crippen LogP contribution in [-0.4, -0.2) is 37.4 Å². The van der Waals surface area contributed by atoms with Crippen LogP contribution in [0.3, 0.4) is 0 Å². The van der Waals surface area contributed by atoms with E-state index in [0.717, 1.165) is 18.5 Å². The van der Waals surface area contributed by atoms with Crippen LogP contribution >= 0.6 is 0 Å². The highest BCUT2D eigenvalue weighted by atomic mass is 16.5. The largest absolute Gasteiger partial charge is 0.462 e. The molecule has 1 aromatic carbocycles. The summed E-state index contributed by atoms with van der Waals surface area (Å²) in [5.41, 5.74) is 1.74. The van der Waals surface area contributed by atoms with Crippen LogP contribution in [0, 0.1) is 0 Å². The first kappa shape index (κ1) is 13.7. The number of aliphatic hydroxyl groups is 1. The van der Waals surface area contributed by atoms with Crippen molar-refractivity contribution in [2.75, 3.05) is 26.3 Å². The third kappa shape index (κ3) is 4.97. The molecule has 0 aliphatic heterocycles. The predicted octanol–water partition coefficient (Wildman–Crippen LogP) is 0.988. The van der Waals surface area contributed by atoms with E-state index in [4.69, 9.17) is 9.84 Å². The van der Waals surface area contributed by atoms with Gasteiger partial charge in [0, 0.05) is 6.54 Å². The number of hydrogen-bond donors (Lipinski definition) is 2. The molecule has 17 heavy (non-hydrogen) atoms. The lowest BCUT2D eigenvalue weighted by Crippen LogP contribution is -2.20. The van der Waals surface area contributed by atoms with E-state index < -0.39 is 0 Å². The first-order chi connectivity index (χ1) is 8.27. The normalized spacial score (nSPS) is 10.2. The van der Waals surface area contributed by atoms with E-state index in [1.807, 2.05) is 12.1 Å². The zero-order valence-electron chi connectivity index (χ0n) is 10.1. The highest BCUT2D eigenvalue weighted by molar-refractivity contribution is 5.89. The fourth-order valence-electron chi connectivity index (χ4n) is 1.46. The Bertz CT molecular complexity index is 335. The molecule has 0 saturated heterocycles. The summed E-state index contributed by atoms with van der Waals surface area (Å²) in [7, 11) is 0. The van der Waals surface area contributed by atoms with E-state index in [9.17, 15) is 4.79 Å². The van der Waals surface area contributed by atoms with Gasteiger partial charge in [0.05, 0.1) is 18.8 Å². The summed E-state index contributed by atoms with van der Waals surface area (Å²) in [5, 5.41) is 11.7. The maximum Gasteiger partial charge on any atom is 0.338 e. The number of rotatable bonds is 7. The van der Waals surface area contributed by atoms with Crippen LogP contribution in [0.15, 0.2) is 24.3 Å². The average molecular weight is 237 g/mol. The van der Waals surface area contributed by atoms with Crippen LogP contribution in [0.25, 0.3) is 0 Å². The fraction of sp³-hybridized carbons (Fsp3) is 0.462. The molecule has 0 heterocycles. The van der Waals surface area contributed by atoms with Crippen LogP contribution in [0.4, 0.5) is 0 Å². The molecule has 0 fully saturated rings. The molecule has 4 nitrogen and oxygen atoms in total. The Balaban J connectivity index is 2.42. The number of hydrogen-bond acceptors (Lipinski definition) is 4. The van der Waals surface area contributed by atoms with Crippen molar-refractivity contribution in [2.24, 2.45) is 0 Å². The molecule has 0 radical (unpaired) electrons. The lowest BCUT2D eigenvalue weighted by atomic mass is 10.1. The second-order valence-electron chi connectivity index (χ2n) is 3.64. The van der Waals surface area contributed by atoms with Crippen LogP contribution < -0.4 is 5.32 Å². The van der Waals surface area contributed by atoms with Crippen molar-refractivity contribution < 1.29 is 14.6 Å². The third-order valence-corrected chi connectivity index (χ3v) is 2.34. The van der Waals surface area contributed by atoms with Gasteiger partial charge in [-0.3, -0.25) is 0 Å². The van der Waals surface area contributed by atoms with Gasteiger partial charge in [0.1, 0.15) is 0 Å². The minimum absolute atomic E-state index is 0.155. The fourth-order valence-corrected chi connectivity index (χ4v) is 1.46. The molecule has 0 spiro atoms. The van der Waals surface area contributed by atoms with Crippen molar-refractivity contribution in [2.45, 2.75) is 13.3 Å². The van der Waals surface area contributed by atoms with Crippen molar-refractivity contribution >= 4 is 5.97 Å². The van der Waals surface area contributed by atoms with Crippen LogP contribution in [0.2, 0.25) is 0 Å². The molecule has 4 heteroatoms. The SMILES string of the molecule is CCOC(=O)c1ccc(CCNCCO)cc1. The Kier molecular flexibility index (Phi) is 6.29. The number of ether oxygens (including phenoxy) is 1. The summed E-state index contributed by atoms with van der Waals surface area (Å²) in [6.45, 7) is 3.77. The van der Waals surface area contributed by atoms with Crippen molar-refractivity contribution in [3.05, 3.63) is 35.4 Å². The Labute approximate surface area is 102 Å². The number of carbonyl (C=O) groups is 1. The highest BCUT2D eigenvalue weighted by Gasteiger charge is 2.05. The second-order valence-corrected chi connectivity index (χ2v) is 3.64. The van der Waals surface area contributed by atoms with Crippen molar-refractivity contribution in [1.82, 2.24) is 5.32 Å². The molecular weight excluding hydrogens is 218 g/mol. The van der Waals surface area contributed by atoms with Gasteiger partial charge >= 0.3 is 5.97 Å². The minimum Gasteiger partial charge on any atom is -0.462 e. The standard InChI is InChI=1S/C13H19NO3/c1-2-17-13(16)12-5-3-11(4-6-12)7-8-14-9-10-15/h3-6,14-15H,2,7-10H2,1H3. The summed E-state index contributed by atoms with van der Waals surface area (Å²) in [6.07, 6.45) is 0.878. The van der Waals surface area contributed by atoms with E-state index in [2.05, 4.69) is 5.32 Å². The van der Waals surface area contributed by atoms with Crippen molar-refractivity contribution in [3.8, 4) is 0 Å². The lowest BCUT2D eigenvalue weighted by molar-refractivity contribution is 0.0526. The minimum atomic E-state index is -0.280. The number of nitrogens with one attached hydrogen (secondary N) is 1. The van der Waals surface area contributed by atoms with Gasteiger partial charge in [0.2, 0.25) is 0 Å². The monoisotopic (exact) mass is 237 g/mol. The van der Waals surface area contributed by atoms with Gasteiger partial charge in [0.15, 0.2) is 0 Å². The zero-order valence-corrected chi connectivity index (χ0v) is 10.1. The third-order valence-electron chi connectivity index (χ3n) is 2.34. The summed E-state index contributed by atoms with van der Waals surface area (Å²) >= 11 is 0. The molecule has 0 saturated carbocycles. The van der Waals surface area contributed by atoms with E-state index in [0.29, 0.717) is 18.7 Å². The lowest BCUT2D eigenvalue weighted by Gasteiger charge is -2.05. The van der Waals surface area contributed by atoms with E-state index in [1.165, 1.54) is 0 Å². The van der Waals surface area contributed by atoms with Crippen LogP contribution in [0.5, 0.6) is 0 Å². The Morgan fingerprint density at radius 3 is 2.59 bits per heavy atom. The Hall–Kier alpha value is -1.39. The Morgan fingerprint density at radius 1 is 1.29 bits per heavy atom. The van der Waals surface area contributed by atoms with E-state index in [1.54, 1.807) is 19.1 Å². The van der Waals surface area contributed by atoms with Crippen LogP contribution in [-0.2, 0) is 11.2 Å². The first-order valence-electron chi connectivity index (χ1n) is 5.85. The van der Waals surface area contributed by atoms with Gasteiger partial charge in [-0.2, -0.15) is 0 Å². The summed E-state index contributed by atoms with van der Waals surface area (Å²) in [5.74, 6) is -0.280. The smallest absolute Gasteiger partial charge is 0.338 e. The van der Waals surface area contributed by atoms with E-state index in [-0.39, 0.29) is 12.6 Å². The van der Waals surface area contributed by atoms with Gasteiger partial charge in [-0.25, -0.2) is 4.79 Å². The molecule has 0 unspecified atom stereocenters. The Morgan fingerprint density at radius 2 is 2.00 bits per heavy atom. The van der Waals surface area contributed by atoms with Gasteiger partial charge in [0.25, 0.3) is 0 Å². The topological polar surface area (TPSA) is 58.6 Å². The van der Waals surface area contributed by atoms with Gasteiger partial charge in [-0.05, 0) is 37.6 Å². The predicted molar refractivity (Wildman–Crippen MR) is 66.1 cm³/mol. The average Bonchev–Trinajstić information content (AvgIpc) is 2.36. The number of carbonyl (C=O) groups excluding carboxylic acids is 1. The molecule has 1 aromatic rings. The van der Waals surface area contributed by atoms with Crippen molar-refractivity contribution in [3.63, 3.8) is 0 Å². The first-order valence-corrected chi connectivity index (χ1v) is 5.85. The number of aliphatic hydroxyl groups excluding tert-OH is 1. The maximum atomic E-state index is 11.4. The van der Waals surface area contributed by atoms with Gasteiger partial charge in [-0.1, -0.05) is 12.1 Å².